The van der Waals surface area contributed by atoms with Crippen LogP contribution < -0.4 is 5.56 Å². The molecule has 140 valence electrons. The van der Waals surface area contributed by atoms with E-state index >= 15 is 0 Å². The van der Waals surface area contributed by atoms with Crippen LogP contribution in [0.1, 0.15) is 27.3 Å². The number of esters is 1. The fourth-order valence-electron chi connectivity index (χ4n) is 3.22. The summed E-state index contributed by atoms with van der Waals surface area (Å²) in [6.07, 6.45) is 0. The number of pyridine rings is 1. The number of carbonyl (C=O) groups is 1. The standard InChI is InChI=1S/C22H19N3O3/c1-14-11-15(2)25(24-14)17-9-7-16(8-10-17)13-28-22(27)19-12-21(26)23-20-6-4-3-5-18(19)20/h3-12H,13H2,1-2H3,(H,23,26). The number of para-hydroxylation sites is 1. The Morgan fingerprint density at radius 1 is 1.07 bits per heavy atom. The zero-order valence-corrected chi connectivity index (χ0v) is 15.6. The minimum Gasteiger partial charge on any atom is -0.457 e. The number of hydrogen-bond donors (Lipinski definition) is 1. The number of nitrogens with zero attached hydrogens (tertiary/aromatic N) is 2. The van der Waals surface area contributed by atoms with Crippen molar-refractivity contribution in [3.8, 4) is 5.69 Å². The van der Waals surface area contributed by atoms with Gasteiger partial charge in [-0.1, -0.05) is 30.3 Å². The molecule has 0 aliphatic carbocycles. The van der Waals surface area contributed by atoms with Crippen molar-refractivity contribution in [2.45, 2.75) is 20.5 Å². The van der Waals surface area contributed by atoms with Gasteiger partial charge >= 0.3 is 5.97 Å². The second-order valence-corrected chi connectivity index (χ2v) is 6.67. The van der Waals surface area contributed by atoms with Crippen LogP contribution in [-0.2, 0) is 11.3 Å². The molecule has 4 aromatic rings. The number of aromatic nitrogens is 3. The lowest BCUT2D eigenvalue weighted by Crippen LogP contribution is -2.13. The zero-order valence-electron chi connectivity index (χ0n) is 15.6. The average molecular weight is 373 g/mol. The van der Waals surface area contributed by atoms with Gasteiger partial charge in [-0.05, 0) is 43.7 Å². The highest BCUT2D eigenvalue weighted by atomic mass is 16.5. The summed E-state index contributed by atoms with van der Waals surface area (Å²) in [6, 6.07) is 18.1. The number of aromatic amines is 1. The number of hydrogen-bond acceptors (Lipinski definition) is 4. The van der Waals surface area contributed by atoms with Gasteiger partial charge in [0, 0.05) is 22.7 Å². The quantitative estimate of drug-likeness (QED) is 0.554. The monoisotopic (exact) mass is 373 g/mol. The topological polar surface area (TPSA) is 77.0 Å². The van der Waals surface area contributed by atoms with Crippen LogP contribution in [0, 0.1) is 13.8 Å². The lowest BCUT2D eigenvalue weighted by Gasteiger charge is -2.09. The molecule has 28 heavy (non-hydrogen) atoms. The van der Waals surface area contributed by atoms with Crippen molar-refractivity contribution in [1.82, 2.24) is 14.8 Å². The van der Waals surface area contributed by atoms with Crippen LogP contribution >= 0.6 is 0 Å². The maximum Gasteiger partial charge on any atom is 0.339 e. The number of aryl methyl sites for hydroxylation is 2. The van der Waals surface area contributed by atoms with Crippen molar-refractivity contribution in [3.05, 3.63) is 93.5 Å². The molecule has 1 N–H and O–H groups in total. The highest BCUT2D eigenvalue weighted by molar-refractivity contribution is 6.03. The summed E-state index contributed by atoms with van der Waals surface area (Å²) in [4.78, 5) is 27.1. The van der Waals surface area contributed by atoms with Crippen molar-refractivity contribution < 1.29 is 9.53 Å². The molecule has 0 atom stereocenters. The van der Waals surface area contributed by atoms with E-state index in [1.807, 2.05) is 54.9 Å². The molecule has 2 aromatic heterocycles. The number of ether oxygens (including phenoxy) is 1. The van der Waals surface area contributed by atoms with E-state index in [1.165, 1.54) is 6.07 Å². The Labute approximate surface area is 161 Å². The number of rotatable bonds is 4. The van der Waals surface area contributed by atoms with Crippen LogP contribution in [0.2, 0.25) is 0 Å². The normalized spacial score (nSPS) is 10.9. The summed E-state index contributed by atoms with van der Waals surface area (Å²) >= 11 is 0. The predicted octanol–water partition coefficient (Wildman–Crippen LogP) is 3.69. The Hall–Kier alpha value is -3.67. The van der Waals surface area contributed by atoms with E-state index in [1.54, 1.807) is 18.2 Å². The van der Waals surface area contributed by atoms with Crippen molar-refractivity contribution in [2.75, 3.05) is 0 Å². The summed E-state index contributed by atoms with van der Waals surface area (Å²) in [7, 11) is 0. The Kier molecular flexibility index (Phi) is 4.53. The van der Waals surface area contributed by atoms with Crippen molar-refractivity contribution in [3.63, 3.8) is 0 Å². The lowest BCUT2D eigenvalue weighted by molar-refractivity contribution is 0.0475. The fourth-order valence-corrected chi connectivity index (χ4v) is 3.22. The molecule has 0 unspecified atom stereocenters. The SMILES string of the molecule is Cc1cc(C)n(-c2ccc(COC(=O)c3cc(=O)[nH]c4ccccc34)cc2)n1. The molecule has 4 rings (SSSR count). The van der Waals surface area contributed by atoms with Crippen molar-refractivity contribution >= 4 is 16.9 Å². The van der Waals surface area contributed by atoms with Crippen LogP contribution in [0.5, 0.6) is 0 Å². The molecule has 0 aliphatic rings. The first-order chi connectivity index (χ1) is 13.5. The highest BCUT2D eigenvalue weighted by Crippen LogP contribution is 2.17. The number of benzene rings is 2. The highest BCUT2D eigenvalue weighted by Gasteiger charge is 2.13. The Balaban J connectivity index is 1.51. The molecule has 0 spiro atoms. The molecular weight excluding hydrogens is 354 g/mol. The molecule has 6 nitrogen and oxygen atoms in total. The molecule has 6 heteroatoms. The first kappa shape index (κ1) is 17.7. The van der Waals surface area contributed by atoms with Crippen LogP contribution in [-0.4, -0.2) is 20.7 Å². The van der Waals surface area contributed by atoms with Crippen LogP contribution in [0.25, 0.3) is 16.6 Å². The molecular formula is C22H19N3O3. The number of carbonyl (C=O) groups excluding carboxylic acids is 1. The molecule has 0 bridgehead atoms. The molecule has 0 saturated carbocycles. The minimum atomic E-state index is -0.523. The number of nitrogens with one attached hydrogen (secondary N) is 1. The molecule has 0 saturated heterocycles. The first-order valence-electron chi connectivity index (χ1n) is 8.93. The molecule has 0 amide bonds. The maximum absolute atomic E-state index is 12.5. The van der Waals surface area contributed by atoms with Gasteiger partial charge in [-0.2, -0.15) is 5.10 Å². The number of H-pyrrole nitrogens is 1. The first-order valence-corrected chi connectivity index (χ1v) is 8.93. The van der Waals surface area contributed by atoms with Crippen LogP contribution in [0.15, 0.2) is 65.5 Å². The predicted molar refractivity (Wildman–Crippen MR) is 107 cm³/mol. The van der Waals surface area contributed by atoms with Gasteiger partial charge in [0.1, 0.15) is 6.61 Å². The molecule has 2 aromatic carbocycles. The van der Waals surface area contributed by atoms with Gasteiger partial charge in [-0.3, -0.25) is 4.79 Å². The average Bonchev–Trinajstić information content (AvgIpc) is 3.04. The van der Waals surface area contributed by atoms with E-state index in [2.05, 4.69) is 10.1 Å². The van der Waals surface area contributed by atoms with Crippen molar-refractivity contribution in [2.24, 2.45) is 0 Å². The van der Waals surface area contributed by atoms with E-state index in [9.17, 15) is 9.59 Å². The van der Waals surface area contributed by atoms with Gasteiger partial charge in [0.2, 0.25) is 5.56 Å². The third-order valence-corrected chi connectivity index (χ3v) is 4.53. The van der Waals surface area contributed by atoms with E-state index in [0.717, 1.165) is 22.6 Å². The van der Waals surface area contributed by atoms with E-state index in [4.69, 9.17) is 4.74 Å². The molecule has 0 radical (unpaired) electrons. The van der Waals surface area contributed by atoms with Gasteiger partial charge in [-0.15, -0.1) is 0 Å². The van der Waals surface area contributed by atoms with Crippen molar-refractivity contribution in [1.29, 1.82) is 0 Å². The zero-order chi connectivity index (χ0) is 19.7. The maximum atomic E-state index is 12.5. The summed E-state index contributed by atoms with van der Waals surface area (Å²) in [5.41, 5.74) is 4.35. The van der Waals surface area contributed by atoms with Crippen LogP contribution in [0.3, 0.4) is 0 Å². The van der Waals surface area contributed by atoms with Crippen LogP contribution in [0.4, 0.5) is 0 Å². The fraction of sp³-hybridized carbons (Fsp3) is 0.136. The summed E-state index contributed by atoms with van der Waals surface area (Å²) in [5.74, 6) is -0.523. The van der Waals surface area contributed by atoms with E-state index in [-0.39, 0.29) is 17.7 Å². The van der Waals surface area contributed by atoms with Gasteiger partial charge < -0.3 is 9.72 Å². The second-order valence-electron chi connectivity index (χ2n) is 6.67. The Morgan fingerprint density at radius 3 is 2.54 bits per heavy atom. The third-order valence-electron chi connectivity index (χ3n) is 4.53. The van der Waals surface area contributed by atoms with Gasteiger partial charge in [-0.25, -0.2) is 9.48 Å². The summed E-state index contributed by atoms with van der Waals surface area (Å²) < 4.78 is 7.31. The lowest BCUT2D eigenvalue weighted by atomic mass is 10.1. The summed E-state index contributed by atoms with van der Waals surface area (Å²) in [6.45, 7) is 4.08. The number of fused-ring (bicyclic) bond motifs is 1. The largest absolute Gasteiger partial charge is 0.457 e. The van der Waals surface area contributed by atoms with E-state index < -0.39 is 5.97 Å². The van der Waals surface area contributed by atoms with Gasteiger partial charge in [0.05, 0.1) is 16.9 Å². The second kappa shape index (κ2) is 7.15. The smallest absolute Gasteiger partial charge is 0.339 e. The van der Waals surface area contributed by atoms with Gasteiger partial charge in [0.25, 0.3) is 0 Å². The molecule has 0 fully saturated rings. The third kappa shape index (κ3) is 3.44. The Morgan fingerprint density at radius 2 is 1.82 bits per heavy atom. The minimum absolute atomic E-state index is 0.122. The molecule has 2 heterocycles. The van der Waals surface area contributed by atoms with Gasteiger partial charge in [0.15, 0.2) is 0 Å². The summed E-state index contributed by atoms with van der Waals surface area (Å²) in [5, 5.41) is 5.12. The molecule has 0 aliphatic heterocycles. The Bertz CT molecular complexity index is 1220. The van der Waals surface area contributed by atoms with E-state index in [0.29, 0.717) is 10.9 Å².